The predicted molar refractivity (Wildman–Crippen MR) is 98.1 cm³/mol. The molecule has 2 N–H and O–H groups in total. The van der Waals surface area contributed by atoms with Crippen molar-refractivity contribution in [2.24, 2.45) is 0 Å². The Balaban J connectivity index is 1.60. The SMILES string of the molecule is COc1cc(C(=O)Nc2cncc(-c3nc4ccccc4[nH]3)c2)ccn1. The summed E-state index contributed by atoms with van der Waals surface area (Å²) in [5, 5.41) is 2.83. The molecule has 0 aliphatic rings. The number of fused-ring (bicyclic) bond motifs is 1. The number of pyridine rings is 2. The van der Waals surface area contributed by atoms with Crippen molar-refractivity contribution in [3.8, 4) is 17.3 Å². The van der Waals surface area contributed by atoms with Gasteiger partial charge < -0.3 is 15.0 Å². The van der Waals surface area contributed by atoms with Crippen molar-refractivity contribution < 1.29 is 9.53 Å². The summed E-state index contributed by atoms with van der Waals surface area (Å²) in [4.78, 5) is 28.4. The number of benzene rings is 1. The van der Waals surface area contributed by atoms with Gasteiger partial charge in [-0.2, -0.15) is 0 Å². The fourth-order valence-corrected chi connectivity index (χ4v) is 2.59. The molecular formula is C19H15N5O2. The van der Waals surface area contributed by atoms with E-state index >= 15 is 0 Å². The molecule has 0 bridgehead atoms. The van der Waals surface area contributed by atoms with Gasteiger partial charge >= 0.3 is 0 Å². The van der Waals surface area contributed by atoms with Crippen LogP contribution in [0.1, 0.15) is 10.4 Å². The largest absolute Gasteiger partial charge is 0.481 e. The van der Waals surface area contributed by atoms with Crippen LogP contribution in [0.3, 0.4) is 0 Å². The normalized spacial score (nSPS) is 10.7. The van der Waals surface area contributed by atoms with Gasteiger partial charge in [0.15, 0.2) is 0 Å². The van der Waals surface area contributed by atoms with Gasteiger partial charge in [0.05, 0.1) is 30.0 Å². The number of carbonyl (C=O) groups is 1. The number of methoxy groups -OCH3 is 1. The Morgan fingerprint density at radius 1 is 1.15 bits per heavy atom. The molecule has 3 heterocycles. The monoisotopic (exact) mass is 345 g/mol. The third-order valence-electron chi connectivity index (χ3n) is 3.87. The number of carbonyl (C=O) groups excluding carboxylic acids is 1. The maximum atomic E-state index is 12.4. The molecule has 3 aromatic heterocycles. The molecule has 1 aromatic carbocycles. The first-order chi connectivity index (χ1) is 12.7. The molecule has 0 saturated heterocycles. The molecule has 1 amide bonds. The Bertz CT molecular complexity index is 1060. The highest BCUT2D eigenvalue weighted by molar-refractivity contribution is 6.04. The van der Waals surface area contributed by atoms with E-state index in [9.17, 15) is 4.79 Å². The summed E-state index contributed by atoms with van der Waals surface area (Å²) in [5.74, 6) is 0.807. The molecule has 0 radical (unpaired) electrons. The quantitative estimate of drug-likeness (QED) is 0.592. The summed E-state index contributed by atoms with van der Waals surface area (Å²) in [6, 6.07) is 12.8. The van der Waals surface area contributed by atoms with Gasteiger partial charge in [0, 0.05) is 29.6 Å². The summed E-state index contributed by atoms with van der Waals surface area (Å²) < 4.78 is 5.05. The van der Waals surface area contributed by atoms with Crippen LogP contribution < -0.4 is 10.1 Å². The Labute approximate surface area is 149 Å². The summed E-state index contributed by atoms with van der Waals surface area (Å²) in [6.07, 6.45) is 4.81. The van der Waals surface area contributed by atoms with Crippen LogP contribution in [-0.2, 0) is 0 Å². The second-order valence-corrected chi connectivity index (χ2v) is 5.61. The first kappa shape index (κ1) is 15.8. The second kappa shape index (κ2) is 6.64. The molecular weight excluding hydrogens is 330 g/mol. The van der Waals surface area contributed by atoms with E-state index in [2.05, 4.69) is 25.3 Å². The average Bonchev–Trinajstić information content (AvgIpc) is 3.12. The number of hydrogen-bond donors (Lipinski definition) is 2. The van der Waals surface area contributed by atoms with Gasteiger partial charge in [-0.15, -0.1) is 0 Å². The van der Waals surface area contributed by atoms with Crippen LogP contribution in [0.15, 0.2) is 61.1 Å². The van der Waals surface area contributed by atoms with Gasteiger partial charge in [-0.25, -0.2) is 9.97 Å². The highest BCUT2D eigenvalue weighted by atomic mass is 16.5. The highest BCUT2D eigenvalue weighted by Gasteiger charge is 2.10. The lowest BCUT2D eigenvalue weighted by Gasteiger charge is -2.07. The van der Waals surface area contributed by atoms with Gasteiger partial charge in [0.2, 0.25) is 5.88 Å². The highest BCUT2D eigenvalue weighted by Crippen LogP contribution is 2.22. The van der Waals surface area contributed by atoms with Gasteiger partial charge in [-0.05, 0) is 24.3 Å². The molecule has 0 saturated carbocycles. The van der Waals surface area contributed by atoms with E-state index in [1.165, 1.54) is 13.3 Å². The molecule has 0 fully saturated rings. The molecule has 0 aliphatic heterocycles. The lowest BCUT2D eigenvalue weighted by atomic mass is 10.2. The van der Waals surface area contributed by atoms with E-state index in [0.717, 1.165) is 16.6 Å². The lowest BCUT2D eigenvalue weighted by molar-refractivity contribution is 0.102. The average molecular weight is 345 g/mol. The maximum Gasteiger partial charge on any atom is 0.255 e. The first-order valence-corrected chi connectivity index (χ1v) is 7.94. The zero-order valence-corrected chi connectivity index (χ0v) is 13.9. The Morgan fingerprint density at radius 2 is 2.04 bits per heavy atom. The minimum absolute atomic E-state index is 0.269. The van der Waals surface area contributed by atoms with Gasteiger partial charge in [0.25, 0.3) is 5.91 Å². The number of rotatable bonds is 4. The number of ether oxygens (including phenoxy) is 1. The summed E-state index contributed by atoms with van der Waals surface area (Å²) >= 11 is 0. The minimum atomic E-state index is -0.269. The van der Waals surface area contributed by atoms with Crippen molar-refractivity contribution in [1.29, 1.82) is 0 Å². The summed E-state index contributed by atoms with van der Waals surface area (Å²) in [6.45, 7) is 0. The number of anilines is 1. The van der Waals surface area contributed by atoms with Crippen LogP contribution in [-0.4, -0.2) is 33.0 Å². The van der Waals surface area contributed by atoms with Crippen LogP contribution >= 0.6 is 0 Å². The molecule has 26 heavy (non-hydrogen) atoms. The van der Waals surface area contributed by atoms with E-state index in [1.807, 2.05) is 30.3 Å². The van der Waals surface area contributed by atoms with Crippen molar-refractivity contribution in [3.63, 3.8) is 0 Å². The number of imidazole rings is 1. The lowest BCUT2D eigenvalue weighted by Crippen LogP contribution is -2.12. The number of aromatic amines is 1. The third-order valence-corrected chi connectivity index (χ3v) is 3.87. The number of para-hydroxylation sites is 2. The topological polar surface area (TPSA) is 92.8 Å². The zero-order valence-electron chi connectivity index (χ0n) is 13.9. The Kier molecular flexibility index (Phi) is 4.03. The van der Waals surface area contributed by atoms with Gasteiger partial charge in [-0.3, -0.25) is 9.78 Å². The zero-order chi connectivity index (χ0) is 17.9. The number of amides is 1. The standard InChI is InChI=1S/C19H15N5O2/c1-26-17-9-12(6-7-21-17)19(25)22-14-8-13(10-20-11-14)18-23-15-4-2-3-5-16(15)24-18/h2-11H,1H3,(H,22,25)(H,23,24). The summed E-state index contributed by atoms with van der Waals surface area (Å²) in [5.41, 5.74) is 3.63. The molecule has 4 rings (SSSR count). The molecule has 0 aliphatic carbocycles. The molecule has 0 unspecified atom stereocenters. The minimum Gasteiger partial charge on any atom is -0.481 e. The second-order valence-electron chi connectivity index (χ2n) is 5.61. The molecule has 4 aromatic rings. The van der Waals surface area contributed by atoms with E-state index in [1.54, 1.807) is 24.5 Å². The van der Waals surface area contributed by atoms with Crippen molar-refractivity contribution in [3.05, 3.63) is 66.6 Å². The number of aromatic nitrogens is 4. The van der Waals surface area contributed by atoms with E-state index in [4.69, 9.17) is 4.74 Å². The van der Waals surface area contributed by atoms with Gasteiger partial charge in [-0.1, -0.05) is 12.1 Å². The van der Waals surface area contributed by atoms with Crippen LogP contribution in [0.5, 0.6) is 5.88 Å². The van der Waals surface area contributed by atoms with Crippen molar-refractivity contribution >= 4 is 22.6 Å². The molecule has 7 heteroatoms. The number of nitrogens with one attached hydrogen (secondary N) is 2. The number of hydrogen-bond acceptors (Lipinski definition) is 5. The van der Waals surface area contributed by atoms with E-state index in [0.29, 0.717) is 23.0 Å². The van der Waals surface area contributed by atoms with Crippen LogP contribution in [0.4, 0.5) is 5.69 Å². The maximum absolute atomic E-state index is 12.4. The van der Waals surface area contributed by atoms with Crippen LogP contribution in [0.25, 0.3) is 22.4 Å². The molecule has 0 spiro atoms. The van der Waals surface area contributed by atoms with Crippen molar-refractivity contribution in [2.75, 3.05) is 12.4 Å². The fraction of sp³-hybridized carbons (Fsp3) is 0.0526. The first-order valence-electron chi connectivity index (χ1n) is 7.94. The third kappa shape index (κ3) is 3.10. The molecule has 7 nitrogen and oxygen atoms in total. The fourth-order valence-electron chi connectivity index (χ4n) is 2.59. The van der Waals surface area contributed by atoms with E-state index < -0.39 is 0 Å². The Hall–Kier alpha value is -3.74. The summed E-state index contributed by atoms with van der Waals surface area (Å²) in [7, 11) is 1.50. The van der Waals surface area contributed by atoms with Gasteiger partial charge in [0.1, 0.15) is 5.82 Å². The van der Waals surface area contributed by atoms with E-state index in [-0.39, 0.29) is 5.91 Å². The smallest absolute Gasteiger partial charge is 0.255 e. The molecule has 0 atom stereocenters. The van der Waals surface area contributed by atoms with Crippen LogP contribution in [0, 0.1) is 0 Å². The van der Waals surface area contributed by atoms with Crippen LogP contribution in [0.2, 0.25) is 0 Å². The van der Waals surface area contributed by atoms with Crippen molar-refractivity contribution in [2.45, 2.75) is 0 Å². The predicted octanol–water partition coefficient (Wildman–Crippen LogP) is 3.28. The van der Waals surface area contributed by atoms with Crippen molar-refractivity contribution in [1.82, 2.24) is 19.9 Å². The Morgan fingerprint density at radius 3 is 2.88 bits per heavy atom. The number of nitrogens with zero attached hydrogens (tertiary/aromatic N) is 3. The number of H-pyrrole nitrogens is 1. The molecule has 128 valence electrons.